The van der Waals surface area contributed by atoms with E-state index in [-0.39, 0.29) is 11.8 Å². The van der Waals surface area contributed by atoms with Gasteiger partial charge in [-0.1, -0.05) is 13.0 Å². The van der Waals surface area contributed by atoms with Gasteiger partial charge in [0, 0.05) is 62.1 Å². The zero-order chi connectivity index (χ0) is 20.4. The maximum atomic E-state index is 13.0. The lowest BCUT2D eigenvalue weighted by Gasteiger charge is -2.36. The summed E-state index contributed by atoms with van der Waals surface area (Å²) in [6, 6.07) is 13.8. The summed E-state index contributed by atoms with van der Waals surface area (Å²) in [4.78, 5) is 31.1. The molecule has 0 saturated carbocycles. The van der Waals surface area contributed by atoms with Crippen LogP contribution in [0.2, 0.25) is 0 Å². The Morgan fingerprint density at radius 1 is 1.00 bits per heavy atom. The molecule has 0 spiro atoms. The molecule has 6 nitrogen and oxygen atoms in total. The molecular formula is C23H27N3O3. The number of ether oxygens (including phenoxy) is 1. The Morgan fingerprint density at radius 3 is 2.52 bits per heavy atom. The monoisotopic (exact) mass is 393 g/mol. The van der Waals surface area contributed by atoms with Gasteiger partial charge >= 0.3 is 0 Å². The summed E-state index contributed by atoms with van der Waals surface area (Å²) in [5.74, 6) is 1.05. The van der Waals surface area contributed by atoms with Crippen molar-refractivity contribution in [1.29, 1.82) is 0 Å². The first-order chi connectivity index (χ1) is 14.1. The molecule has 6 heteroatoms. The second-order valence-electron chi connectivity index (χ2n) is 7.47. The van der Waals surface area contributed by atoms with E-state index in [1.165, 1.54) is 0 Å². The van der Waals surface area contributed by atoms with Crippen molar-refractivity contribution in [2.75, 3.05) is 49.6 Å². The van der Waals surface area contributed by atoms with Gasteiger partial charge in [-0.2, -0.15) is 0 Å². The van der Waals surface area contributed by atoms with Crippen LogP contribution < -0.4 is 14.5 Å². The summed E-state index contributed by atoms with van der Waals surface area (Å²) in [7, 11) is 1.67. The zero-order valence-corrected chi connectivity index (χ0v) is 17.1. The minimum absolute atomic E-state index is 0.0679. The number of methoxy groups -OCH3 is 1. The van der Waals surface area contributed by atoms with Crippen LogP contribution >= 0.6 is 0 Å². The fourth-order valence-electron chi connectivity index (χ4n) is 4.14. The van der Waals surface area contributed by atoms with Crippen LogP contribution in [0.3, 0.4) is 0 Å². The van der Waals surface area contributed by atoms with E-state index in [9.17, 15) is 9.59 Å². The highest BCUT2D eigenvalue weighted by Gasteiger charge is 2.27. The topological polar surface area (TPSA) is 53.1 Å². The first-order valence-electron chi connectivity index (χ1n) is 10.2. The number of piperazine rings is 1. The van der Waals surface area contributed by atoms with Gasteiger partial charge in [0.05, 0.1) is 7.11 Å². The number of hydrogen-bond donors (Lipinski definition) is 0. The molecule has 0 bridgehead atoms. The van der Waals surface area contributed by atoms with E-state index in [1.807, 2.05) is 53.1 Å². The third-order valence-electron chi connectivity index (χ3n) is 5.81. The first kappa shape index (κ1) is 19.3. The Labute approximate surface area is 171 Å². The molecule has 1 fully saturated rings. The van der Waals surface area contributed by atoms with Gasteiger partial charge in [-0.3, -0.25) is 9.59 Å². The summed E-state index contributed by atoms with van der Waals surface area (Å²) in [6.07, 6.45) is 1.31. The van der Waals surface area contributed by atoms with Gasteiger partial charge in [-0.25, -0.2) is 0 Å². The van der Waals surface area contributed by atoms with Crippen LogP contribution in [0.5, 0.6) is 5.75 Å². The number of anilines is 2. The average Bonchev–Trinajstić information content (AvgIpc) is 3.21. The standard InChI is InChI=1S/C23H27N3O3/c1-3-22(27)26-10-9-17-15-18(7-8-21(17)26)23(28)25-13-11-24(12-14-25)19-5-4-6-20(16-19)29-2/h4-8,15-16H,3,9-14H2,1-2H3. The maximum Gasteiger partial charge on any atom is 0.253 e. The van der Waals surface area contributed by atoms with Crippen LogP contribution in [0, 0.1) is 0 Å². The number of benzene rings is 2. The fourth-order valence-corrected chi connectivity index (χ4v) is 4.14. The molecule has 0 N–H and O–H groups in total. The molecule has 152 valence electrons. The van der Waals surface area contributed by atoms with Gasteiger partial charge in [0.15, 0.2) is 0 Å². The van der Waals surface area contributed by atoms with Crippen molar-refractivity contribution in [2.24, 2.45) is 0 Å². The molecule has 2 aromatic carbocycles. The minimum atomic E-state index is 0.0679. The van der Waals surface area contributed by atoms with Crippen LogP contribution in [0.25, 0.3) is 0 Å². The molecule has 0 unspecified atom stereocenters. The molecule has 0 atom stereocenters. The molecule has 2 aromatic rings. The highest BCUT2D eigenvalue weighted by atomic mass is 16.5. The van der Waals surface area contributed by atoms with E-state index in [2.05, 4.69) is 11.0 Å². The van der Waals surface area contributed by atoms with Crippen LogP contribution in [-0.4, -0.2) is 56.5 Å². The van der Waals surface area contributed by atoms with Crippen LogP contribution in [0.1, 0.15) is 29.3 Å². The average molecular weight is 393 g/mol. The number of fused-ring (bicyclic) bond motifs is 1. The highest BCUT2D eigenvalue weighted by Crippen LogP contribution is 2.30. The normalized spacial score (nSPS) is 16.0. The summed E-state index contributed by atoms with van der Waals surface area (Å²) in [6.45, 7) is 5.55. The Balaban J connectivity index is 1.42. The van der Waals surface area contributed by atoms with Gasteiger partial charge in [-0.15, -0.1) is 0 Å². The molecule has 0 radical (unpaired) electrons. The number of carbonyl (C=O) groups excluding carboxylic acids is 2. The van der Waals surface area contributed by atoms with Crippen molar-refractivity contribution in [1.82, 2.24) is 4.90 Å². The van der Waals surface area contributed by atoms with Crippen molar-refractivity contribution in [2.45, 2.75) is 19.8 Å². The quantitative estimate of drug-likeness (QED) is 0.802. The van der Waals surface area contributed by atoms with E-state index < -0.39 is 0 Å². The van der Waals surface area contributed by atoms with Gasteiger partial charge in [-0.05, 0) is 42.3 Å². The largest absolute Gasteiger partial charge is 0.497 e. The van der Waals surface area contributed by atoms with Crippen molar-refractivity contribution < 1.29 is 14.3 Å². The van der Waals surface area contributed by atoms with Crippen LogP contribution in [0.15, 0.2) is 42.5 Å². The molecule has 1 saturated heterocycles. The number of amides is 2. The molecule has 2 aliphatic rings. The third kappa shape index (κ3) is 3.79. The second kappa shape index (κ2) is 8.15. The zero-order valence-electron chi connectivity index (χ0n) is 17.1. The summed E-state index contributed by atoms with van der Waals surface area (Å²) < 4.78 is 5.31. The van der Waals surface area contributed by atoms with Crippen molar-refractivity contribution in [3.8, 4) is 5.75 Å². The lowest BCUT2D eigenvalue weighted by molar-refractivity contribution is -0.118. The SMILES string of the molecule is CCC(=O)N1CCc2cc(C(=O)N3CCN(c4cccc(OC)c4)CC3)ccc21. The van der Waals surface area contributed by atoms with Crippen molar-refractivity contribution in [3.63, 3.8) is 0 Å². The molecule has 0 aromatic heterocycles. The summed E-state index contributed by atoms with van der Waals surface area (Å²) >= 11 is 0. The first-order valence-corrected chi connectivity index (χ1v) is 10.2. The second-order valence-corrected chi connectivity index (χ2v) is 7.47. The summed E-state index contributed by atoms with van der Waals surface area (Å²) in [5.41, 5.74) is 3.88. The highest BCUT2D eigenvalue weighted by molar-refractivity contribution is 5.98. The molecule has 0 aliphatic carbocycles. The predicted molar refractivity (Wildman–Crippen MR) is 114 cm³/mol. The molecular weight excluding hydrogens is 366 g/mol. The smallest absolute Gasteiger partial charge is 0.253 e. The van der Waals surface area contributed by atoms with E-state index in [1.54, 1.807) is 7.11 Å². The fraction of sp³-hybridized carbons (Fsp3) is 0.391. The lowest BCUT2D eigenvalue weighted by Crippen LogP contribution is -2.48. The molecule has 4 rings (SSSR count). The number of hydrogen-bond acceptors (Lipinski definition) is 4. The Bertz CT molecular complexity index is 919. The number of rotatable bonds is 4. The van der Waals surface area contributed by atoms with Gasteiger partial charge in [0.1, 0.15) is 5.75 Å². The number of nitrogens with zero attached hydrogens (tertiary/aromatic N) is 3. The van der Waals surface area contributed by atoms with Crippen molar-refractivity contribution >= 4 is 23.2 Å². The van der Waals surface area contributed by atoms with Gasteiger partial charge in [0.2, 0.25) is 5.91 Å². The number of carbonyl (C=O) groups is 2. The van der Waals surface area contributed by atoms with E-state index in [0.29, 0.717) is 31.6 Å². The summed E-state index contributed by atoms with van der Waals surface area (Å²) in [5, 5.41) is 0. The van der Waals surface area contributed by atoms with Gasteiger partial charge < -0.3 is 19.4 Å². The molecule has 2 amide bonds. The van der Waals surface area contributed by atoms with E-state index in [4.69, 9.17) is 4.74 Å². The Hall–Kier alpha value is -3.02. The minimum Gasteiger partial charge on any atom is -0.497 e. The Kier molecular flexibility index (Phi) is 5.43. The van der Waals surface area contributed by atoms with E-state index in [0.717, 1.165) is 42.2 Å². The molecule has 2 aliphatic heterocycles. The maximum absolute atomic E-state index is 13.0. The van der Waals surface area contributed by atoms with E-state index >= 15 is 0 Å². The van der Waals surface area contributed by atoms with Crippen LogP contribution in [0.4, 0.5) is 11.4 Å². The third-order valence-corrected chi connectivity index (χ3v) is 5.81. The Morgan fingerprint density at radius 2 is 1.79 bits per heavy atom. The van der Waals surface area contributed by atoms with Crippen molar-refractivity contribution in [3.05, 3.63) is 53.6 Å². The predicted octanol–water partition coefficient (Wildman–Crippen LogP) is 2.96. The lowest BCUT2D eigenvalue weighted by atomic mass is 10.1. The van der Waals surface area contributed by atoms with Gasteiger partial charge in [0.25, 0.3) is 5.91 Å². The van der Waals surface area contributed by atoms with Crippen LogP contribution in [-0.2, 0) is 11.2 Å². The molecule has 2 heterocycles. The molecule has 29 heavy (non-hydrogen) atoms.